The van der Waals surface area contributed by atoms with Gasteiger partial charge in [-0.1, -0.05) is 17.9 Å². The number of ether oxygens (including phenoxy) is 1. The zero-order valence-corrected chi connectivity index (χ0v) is 11.2. The lowest BCUT2D eigenvalue weighted by Gasteiger charge is -2.07. The SMILES string of the molecule is COc1ccc(Cn2ncccc2=O)cc1C#CCN. The van der Waals surface area contributed by atoms with Crippen LogP contribution in [0.1, 0.15) is 11.1 Å². The molecule has 0 bridgehead atoms. The molecule has 102 valence electrons. The van der Waals surface area contributed by atoms with Crippen LogP contribution in [0.25, 0.3) is 0 Å². The van der Waals surface area contributed by atoms with Gasteiger partial charge in [-0.3, -0.25) is 4.79 Å². The summed E-state index contributed by atoms with van der Waals surface area (Å²) < 4.78 is 6.63. The van der Waals surface area contributed by atoms with Crippen LogP contribution < -0.4 is 16.0 Å². The topological polar surface area (TPSA) is 70.1 Å². The van der Waals surface area contributed by atoms with E-state index in [1.165, 1.54) is 10.7 Å². The van der Waals surface area contributed by atoms with Crippen molar-refractivity contribution in [1.29, 1.82) is 0 Å². The number of methoxy groups -OCH3 is 1. The molecule has 5 heteroatoms. The van der Waals surface area contributed by atoms with Crippen molar-refractivity contribution in [2.75, 3.05) is 13.7 Å². The van der Waals surface area contributed by atoms with Gasteiger partial charge in [0.2, 0.25) is 0 Å². The van der Waals surface area contributed by atoms with Crippen LogP contribution in [0.4, 0.5) is 0 Å². The summed E-state index contributed by atoms with van der Waals surface area (Å²) in [4.78, 5) is 11.6. The molecule has 0 unspecified atom stereocenters. The van der Waals surface area contributed by atoms with Gasteiger partial charge in [0, 0.05) is 12.3 Å². The average molecular weight is 269 g/mol. The van der Waals surface area contributed by atoms with Crippen molar-refractivity contribution in [2.45, 2.75) is 6.54 Å². The summed E-state index contributed by atoms with van der Waals surface area (Å²) in [5.74, 6) is 6.44. The van der Waals surface area contributed by atoms with Crippen molar-refractivity contribution >= 4 is 0 Å². The summed E-state index contributed by atoms with van der Waals surface area (Å²) in [7, 11) is 1.59. The normalized spacial score (nSPS) is 9.70. The molecule has 0 aliphatic carbocycles. The molecule has 0 radical (unpaired) electrons. The molecule has 1 aromatic carbocycles. The minimum Gasteiger partial charge on any atom is -0.495 e. The highest BCUT2D eigenvalue weighted by Gasteiger charge is 2.04. The molecule has 1 aromatic heterocycles. The van der Waals surface area contributed by atoms with Crippen LogP contribution in [0, 0.1) is 11.8 Å². The van der Waals surface area contributed by atoms with Crippen LogP contribution in [0.5, 0.6) is 5.75 Å². The predicted molar refractivity (Wildman–Crippen MR) is 76.5 cm³/mol. The van der Waals surface area contributed by atoms with Crippen molar-refractivity contribution < 1.29 is 4.74 Å². The molecule has 0 aliphatic rings. The number of hydrogen-bond acceptors (Lipinski definition) is 4. The third-order valence-electron chi connectivity index (χ3n) is 2.71. The second-order valence-electron chi connectivity index (χ2n) is 4.06. The van der Waals surface area contributed by atoms with Crippen LogP contribution in [-0.4, -0.2) is 23.4 Å². The summed E-state index contributed by atoms with van der Waals surface area (Å²) in [6.07, 6.45) is 1.58. The first kappa shape index (κ1) is 13.8. The minimum atomic E-state index is -0.141. The molecule has 0 aliphatic heterocycles. The van der Waals surface area contributed by atoms with E-state index in [-0.39, 0.29) is 12.1 Å². The van der Waals surface area contributed by atoms with Gasteiger partial charge in [0.05, 0.1) is 25.8 Å². The van der Waals surface area contributed by atoms with E-state index in [1.54, 1.807) is 19.4 Å². The summed E-state index contributed by atoms with van der Waals surface area (Å²) in [5, 5.41) is 4.02. The van der Waals surface area contributed by atoms with Gasteiger partial charge in [-0.25, -0.2) is 4.68 Å². The predicted octanol–water partition coefficient (Wildman–Crippen LogP) is 0.610. The first-order chi connectivity index (χ1) is 9.74. The number of hydrogen-bond donors (Lipinski definition) is 1. The van der Waals surface area contributed by atoms with Crippen LogP contribution in [0.2, 0.25) is 0 Å². The van der Waals surface area contributed by atoms with Crippen molar-refractivity contribution in [3.05, 3.63) is 58.0 Å². The monoisotopic (exact) mass is 269 g/mol. The zero-order chi connectivity index (χ0) is 14.4. The van der Waals surface area contributed by atoms with E-state index in [0.29, 0.717) is 12.3 Å². The maximum atomic E-state index is 11.6. The molecule has 0 saturated heterocycles. The van der Waals surface area contributed by atoms with Gasteiger partial charge in [-0.2, -0.15) is 5.10 Å². The second kappa shape index (κ2) is 6.55. The molecule has 0 saturated carbocycles. The highest BCUT2D eigenvalue weighted by atomic mass is 16.5. The van der Waals surface area contributed by atoms with Gasteiger partial charge in [0.25, 0.3) is 5.56 Å². The standard InChI is InChI=1S/C15H15N3O2/c1-20-14-7-6-12(10-13(14)4-2-8-16)11-18-15(19)5-3-9-17-18/h3,5-7,9-10H,8,11,16H2,1H3. The Kier molecular flexibility index (Phi) is 4.53. The van der Waals surface area contributed by atoms with Crippen LogP contribution in [0.15, 0.2) is 41.3 Å². The quantitative estimate of drug-likeness (QED) is 0.829. The summed E-state index contributed by atoms with van der Waals surface area (Å²) in [6, 6.07) is 8.68. The Morgan fingerprint density at radius 1 is 1.40 bits per heavy atom. The molecule has 0 spiro atoms. The van der Waals surface area contributed by atoms with Crippen molar-refractivity contribution in [3.8, 4) is 17.6 Å². The molecule has 20 heavy (non-hydrogen) atoms. The maximum Gasteiger partial charge on any atom is 0.267 e. The third-order valence-corrected chi connectivity index (χ3v) is 2.71. The van der Waals surface area contributed by atoms with E-state index < -0.39 is 0 Å². The number of rotatable bonds is 3. The summed E-state index contributed by atoms with van der Waals surface area (Å²) in [5.41, 5.74) is 6.91. The molecule has 0 fully saturated rings. The molecule has 1 heterocycles. The van der Waals surface area contributed by atoms with Crippen LogP contribution in [0.3, 0.4) is 0 Å². The Morgan fingerprint density at radius 3 is 2.95 bits per heavy atom. The number of nitrogens with zero attached hydrogens (tertiary/aromatic N) is 2. The molecule has 2 N–H and O–H groups in total. The highest BCUT2D eigenvalue weighted by molar-refractivity contribution is 5.48. The molecule has 2 rings (SSSR count). The maximum absolute atomic E-state index is 11.6. The fraction of sp³-hybridized carbons (Fsp3) is 0.200. The van der Waals surface area contributed by atoms with E-state index in [0.717, 1.165) is 11.1 Å². The van der Waals surface area contributed by atoms with Gasteiger partial charge >= 0.3 is 0 Å². The van der Waals surface area contributed by atoms with Gasteiger partial charge in [0.1, 0.15) is 5.75 Å². The lowest BCUT2D eigenvalue weighted by molar-refractivity contribution is 0.413. The molecule has 0 atom stereocenters. The Bertz CT molecular complexity index is 711. The Labute approximate surface area is 117 Å². The van der Waals surface area contributed by atoms with E-state index >= 15 is 0 Å². The smallest absolute Gasteiger partial charge is 0.267 e. The Morgan fingerprint density at radius 2 is 2.25 bits per heavy atom. The third kappa shape index (κ3) is 3.25. The van der Waals surface area contributed by atoms with E-state index in [1.807, 2.05) is 18.2 Å². The zero-order valence-electron chi connectivity index (χ0n) is 11.2. The van der Waals surface area contributed by atoms with Gasteiger partial charge in [0.15, 0.2) is 0 Å². The fourth-order valence-electron chi connectivity index (χ4n) is 1.78. The number of nitrogens with two attached hydrogens (primary N) is 1. The average Bonchev–Trinajstić information content (AvgIpc) is 2.47. The largest absolute Gasteiger partial charge is 0.495 e. The van der Waals surface area contributed by atoms with Crippen molar-refractivity contribution in [2.24, 2.45) is 5.73 Å². The van der Waals surface area contributed by atoms with E-state index in [4.69, 9.17) is 10.5 Å². The lowest BCUT2D eigenvalue weighted by Crippen LogP contribution is -2.21. The van der Waals surface area contributed by atoms with E-state index in [2.05, 4.69) is 16.9 Å². The Balaban J connectivity index is 2.34. The van der Waals surface area contributed by atoms with Crippen LogP contribution >= 0.6 is 0 Å². The fourth-order valence-corrected chi connectivity index (χ4v) is 1.78. The molecular weight excluding hydrogens is 254 g/mol. The lowest BCUT2D eigenvalue weighted by atomic mass is 10.1. The van der Waals surface area contributed by atoms with Gasteiger partial charge < -0.3 is 10.5 Å². The van der Waals surface area contributed by atoms with Crippen molar-refractivity contribution in [3.63, 3.8) is 0 Å². The molecular formula is C15H15N3O2. The Hall–Kier alpha value is -2.58. The summed E-state index contributed by atoms with van der Waals surface area (Å²) >= 11 is 0. The number of benzene rings is 1. The van der Waals surface area contributed by atoms with Crippen molar-refractivity contribution in [1.82, 2.24) is 9.78 Å². The number of aromatic nitrogens is 2. The van der Waals surface area contributed by atoms with E-state index in [9.17, 15) is 4.79 Å². The first-order valence-corrected chi connectivity index (χ1v) is 6.12. The second-order valence-corrected chi connectivity index (χ2v) is 4.06. The van der Waals surface area contributed by atoms with Crippen LogP contribution in [-0.2, 0) is 6.54 Å². The molecule has 2 aromatic rings. The van der Waals surface area contributed by atoms with Gasteiger partial charge in [-0.15, -0.1) is 0 Å². The first-order valence-electron chi connectivity index (χ1n) is 6.12. The van der Waals surface area contributed by atoms with Gasteiger partial charge in [-0.05, 0) is 23.8 Å². The molecule has 5 nitrogen and oxygen atoms in total. The highest BCUT2D eigenvalue weighted by Crippen LogP contribution is 2.19. The summed E-state index contributed by atoms with van der Waals surface area (Å²) in [6.45, 7) is 0.675. The molecule has 0 amide bonds. The minimum absolute atomic E-state index is 0.141.